The molecular weight excluding hydrogens is 510 g/mol. The van der Waals surface area contributed by atoms with E-state index in [4.69, 9.17) is 11.6 Å². The maximum Gasteiger partial charge on any atom is 0.243 e. The second-order valence-electron chi connectivity index (χ2n) is 10.5. The van der Waals surface area contributed by atoms with Gasteiger partial charge in [0, 0.05) is 30.1 Å². The number of anilines is 1. The Kier molecular flexibility index (Phi) is 10.6. The van der Waals surface area contributed by atoms with Gasteiger partial charge in [0.05, 0.1) is 11.9 Å². The molecule has 0 saturated heterocycles. The van der Waals surface area contributed by atoms with E-state index >= 15 is 0 Å². The van der Waals surface area contributed by atoms with Crippen LogP contribution in [-0.4, -0.2) is 49.5 Å². The van der Waals surface area contributed by atoms with Crippen molar-refractivity contribution in [2.24, 2.45) is 0 Å². The first-order chi connectivity index (χ1) is 17.1. The summed E-state index contributed by atoms with van der Waals surface area (Å²) < 4.78 is 26.5. The minimum Gasteiger partial charge on any atom is -0.350 e. The third-order valence-electron chi connectivity index (χ3n) is 5.95. The number of nitrogens with one attached hydrogen (secondary N) is 1. The second kappa shape index (κ2) is 12.8. The largest absolute Gasteiger partial charge is 0.350 e. The smallest absolute Gasteiger partial charge is 0.243 e. The molecule has 0 aliphatic rings. The highest BCUT2D eigenvalue weighted by Gasteiger charge is 2.30. The minimum absolute atomic E-state index is 0.0940. The predicted molar refractivity (Wildman–Crippen MR) is 151 cm³/mol. The van der Waals surface area contributed by atoms with Gasteiger partial charge in [-0.05, 0) is 70.7 Å². The van der Waals surface area contributed by atoms with Crippen molar-refractivity contribution in [1.29, 1.82) is 0 Å². The van der Waals surface area contributed by atoms with E-state index in [9.17, 15) is 18.0 Å². The van der Waals surface area contributed by atoms with Crippen molar-refractivity contribution in [3.63, 3.8) is 0 Å². The molecule has 9 heteroatoms. The molecule has 0 fully saturated rings. The SMILES string of the molecule is CC[C@H](C(=O)NC(C)(C)C)N(Cc1ccc(C)cc1)C(=O)CCCN(c1cc(Cl)ccc1C)S(C)(=O)=O. The molecule has 2 aromatic rings. The van der Waals surface area contributed by atoms with Crippen molar-refractivity contribution in [2.75, 3.05) is 17.1 Å². The molecule has 0 spiro atoms. The Morgan fingerprint density at radius 2 is 1.68 bits per heavy atom. The molecule has 37 heavy (non-hydrogen) atoms. The van der Waals surface area contributed by atoms with Gasteiger partial charge in [0.2, 0.25) is 21.8 Å². The van der Waals surface area contributed by atoms with Crippen molar-refractivity contribution >= 4 is 39.1 Å². The van der Waals surface area contributed by atoms with Gasteiger partial charge < -0.3 is 10.2 Å². The zero-order valence-electron chi connectivity index (χ0n) is 23.0. The average molecular weight is 550 g/mol. The van der Waals surface area contributed by atoms with Gasteiger partial charge in [-0.2, -0.15) is 0 Å². The summed E-state index contributed by atoms with van der Waals surface area (Å²) >= 11 is 6.13. The Morgan fingerprint density at radius 1 is 1.05 bits per heavy atom. The van der Waals surface area contributed by atoms with Crippen LogP contribution in [0.2, 0.25) is 5.02 Å². The number of hydrogen-bond donors (Lipinski definition) is 1. The molecule has 0 radical (unpaired) electrons. The van der Waals surface area contributed by atoms with Crippen LogP contribution in [0.25, 0.3) is 0 Å². The Morgan fingerprint density at radius 3 is 2.22 bits per heavy atom. The standard InChI is InChI=1S/C28H40ClN3O4S/c1-8-24(27(34)30-28(4,5)6)31(19-22-14-11-20(2)12-15-22)26(33)10-9-17-32(37(7,35)36)25-18-23(29)16-13-21(25)3/h11-16,18,24H,8-10,17,19H2,1-7H3,(H,30,34)/t24-/m1/s1. The molecule has 2 amide bonds. The van der Waals surface area contributed by atoms with E-state index in [2.05, 4.69) is 5.32 Å². The van der Waals surface area contributed by atoms with Crippen LogP contribution in [-0.2, 0) is 26.2 Å². The van der Waals surface area contributed by atoms with Gasteiger partial charge in [-0.1, -0.05) is 54.4 Å². The summed E-state index contributed by atoms with van der Waals surface area (Å²) in [6.45, 7) is 11.8. The van der Waals surface area contributed by atoms with Crippen molar-refractivity contribution in [3.8, 4) is 0 Å². The quantitative estimate of drug-likeness (QED) is 0.416. The summed E-state index contributed by atoms with van der Waals surface area (Å²) in [5.74, 6) is -0.407. The van der Waals surface area contributed by atoms with Gasteiger partial charge in [-0.15, -0.1) is 0 Å². The Hall–Kier alpha value is -2.58. The van der Waals surface area contributed by atoms with E-state index in [0.29, 0.717) is 30.1 Å². The van der Waals surface area contributed by atoms with Crippen LogP contribution < -0.4 is 9.62 Å². The highest BCUT2D eigenvalue weighted by Crippen LogP contribution is 2.27. The van der Waals surface area contributed by atoms with E-state index in [-0.39, 0.29) is 24.8 Å². The lowest BCUT2D eigenvalue weighted by molar-refractivity contribution is -0.142. The zero-order chi connectivity index (χ0) is 28.0. The van der Waals surface area contributed by atoms with Crippen molar-refractivity contribution in [2.45, 2.75) is 78.9 Å². The Bertz CT molecular complexity index is 1190. The molecule has 0 bridgehead atoms. The molecule has 0 aliphatic heterocycles. The molecule has 0 heterocycles. The summed E-state index contributed by atoms with van der Waals surface area (Å²) in [5, 5.41) is 3.43. The number of sulfonamides is 1. The topological polar surface area (TPSA) is 86.8 Å². The first-order valence-electron chi connectivity index (χ1n) is 12.5. The lowest BCUT2D eigenvalue weighted by Gasteiger charge is -2.33. The Balaban J connectivity index is 2.27. The van der Waals surface area contributed by atoms with Gasteiger partial charge in [0.1, 0.15) is 6.04 Å². The number of halogens is 1. The maximum atomic E-state index is 13.5. The fraction of sp³-hybridized carbons (Fsp3) is 0.500. The number of rotatable bonds is 11. The van der Waals surface area contributed by atoms with E-state index in [1.54, 1.807) is 23.1 Å². The summed E-state index contributed by atoms with van der Waals surface area (Å²) in [4.78, 5) is 28.3. The van der Waals surface area contributed by atoms with Crippen LogP contribution in [0.3, 0.4) is 0 Å². The van der Waals surface area contributed by atoms with Crippen LogP contribution in [0.5, 0.6) is 0 Å². The third kappa shape index (κ3) is 9.34. The first kappa shape index (κ1) is 30.6. The van der Waals surface area contributed by atoms with E-state index in [1.807, 2.05) is 65.8 Å². The molecule has 0 aliphatic carbocycles. The van der Waals surface area contributed by atoms with Crippen LogP contribution in [0.1, 0.15) is 63.6 Å². The molecular formula is C28H40ClN3O4S. The van der Waals surface area contributed by atoms with Crippen LogP contribution in [0, 0.1) is 13.8 Å². The van der Waals surface area contributed by atoms with Crippen LogP contribution in [0.15, 0.2) is 42.5 Å². The summed E-state index contributed by atoms with van der Waals surface area (Å²) in [7, 11) is -3.60. The average Bonchev–Trinajstić information content (AvgIpc) is 2.77. The summed E-state index contributed by atoms with van der Waals surface area (Å²) in [6, 6.07) is 12.3. The second-order valence-corrected chi connectivity index (χ2v) is 12.9. The molecule has 1 atom stereocenters. The van der Waals surface area contributed by atoms with E-state index in [1.165, 1.54) is 4.31 Å². The van der Waals surface area contributed by atoms with Gasteiger partial charge in [0.15, 0.2) is 0 Å². The highest BCUT2D eigenvalue weighted by atomic mass is 35.5. The fourth-order valence-electron chi connectivity index (χ4n) is 4.10. The van der Waals surface area contributed by atoms with Crippen molar-refractivity contribution in [3.05, 3.63) is 64.2 Å². The molecule has 7 nitrogen and oxygen atoms in total. The first-order valence-corrected chi connectivity index (χ1v) is 14.8. The van der Waals surface area contributed by atoms with Gasteiger partial charge in [0.25, 0.3) is 0 Å². The minimum atomic E-state index is -3.60. The molecule has 1 N–H and O–H groups in total. The number of carbonyl (C=O) groups excluding carboxylic acids is 2. The van der Waals surface area contributed by atoms with Gasteiger partial charge in [-0.25, -0.2) is 8.42 Å². The number of amides is 2. The lowest BCUT2D eigenvalue weighted by atomic mass is 10.0. The number of hydrogen-bond acceptors (Lipinski definition) is 4. The summed E-state index contributed by atoms with van der Waals surface area (Å²) in [6.07, 6.45) is 1.98. The third-order valence-corrected chi connectivity index (χ3v) is 7.36. The summed E-state index contributed by atoms with van der Waals surface area (Å²) in [5.41, 5.74) is 2.86. The number of benzene rings is 2. The molecule has 2 rings (SSSR count). The number of carbonyl (C=O) groups is 2. The highest BCUT2D eigenvalue weighted by molar-refractivity contribution is 7.92. The number of nitrogens with zero attached hydrogens (tertiary/aromatic N) is 2. The molecule has 2 aromatic carbocycles. The van der Waals surface area contributed by atoms with E-state index < -0.39 is 21.6 Å². The fourth-order valence-corrected chi connectivity index (χ4v) is 5.28. The maximum absolute atomic E-state index is 13.5. The van der Waals surface area contributed by atoms with Crippen LogP contribution in [0.4, 0.5) is 5.69 Å². The zero-order valence-corrected chi connectivity index (χ0v) is 24.5. The molecule has 0 unspecified atom stereocenters. The van der Waals surface area contributed by atoms with Crippen molar-refractivity contribution < 1.29 is 18.0 Å². The van der Waals surface area contributed by atoms with Crippen LogP contribution >= 0.6 is 11.6 Å². The predicted octanol–water partition coefficient (Wildman–Crippen LogP) is 5.23. The van der Waals surface area contributed by atoms with Gasteiger partial charge >= 0.3 is 0 Å². The van der Waals surface area contributed by atoms with E-state index in [0.717, 1.165) is 22.9 Å². The normalized spacial score (nSPS) is 12.6. The number of aryl methyl sites for hydroxylation is 2. The van der Waals surface area contributed by atoms with Gasteiger partial charge in [-0.3, -0.25) is 13.9 Å². The monoisotopic (exact) mass is 549 g/mol. The molecule has 0 saturated carbocycles. The molecule has 204 valence electrons. The molecule has 0 aromatic heterocycles. The Labute approximate surface area is 227 Å². The lowest BCUT2D eigenvalue weighted by Crippen LogP contribution is -2.53. The van der Waals surface area contributed by atoms with Crippen molar-refractivity contribution in [1.82, 2.24) is 10.2 Å².